The molecule has 0 radical (unpaired) electrons. The molecular formula is C12H15BrCl2O. The molecule has 0 N–H and O–H groups in total. The molecule has 1 nitrogen and oxygen atoms in total. The monoisotopic (exact) mass is 324 g/mol. The number of alkyl halides is 1. The number of rotatable bonds is 5. The van der Waals surface area contributed by atoms with E-state index in [1.165, 1.54) is 0 Å². The molecule has 90 valence electrons. The molecule has 1 aromatic rings. The molecule has 0 aliphatic rings. The zero-order valence-corrected chi connectivity index (χ0v) is 12.5. The molecule has 1 unspecified atom stereocenters. The summed E-state index contributed by atoms with van der Waals surface area (Å²) in [4.78, 5) is 0. The van der Waals surface area contributed by atoms with Crippen molar-refractivity contribution >= 4 is 39.1 Å². The molecule has 0 spiro atoms. The second-order valence-corrected chi connectivity index (χ2v) is 5.44. The van der Waals surface area contributed by atoms with Crippen LogP contribution < -0.4 is 4.74 Å². The van der Waals surface area contributed by atoms with Crippen molar-refractivity contribution in [1.82, 2.24) is 0 Å². The Morgan fingerprint density at radius 3 is 2.69 bits per heavy atom. The highest BCUT2D eigenvalue weighted by Crippen LogP contribution is 2.40. The van der Waals surface area contributed by atoms with Crippen LogP contribution in [0, 0.1) is 0 Å². The SMILES string of the molecule is CCCCC(Cl)c1cc(Cl)cc(Br)c1OC. The minimum atomic E-state index is -0.0510. The summed E-state index contributed by atoms with van der Waals surface area (Å²) in [5.41, 5.74) is 0.956. The fourth-order valence-electron chi connectivity index (χ4n) is 1.57. The van der Waals surface area contributed by atoms with Gasteiger partial charge in [-0.3, -0.25) is 0 Å². The van der Waals surface area contributed by atoms with Gasteiger partial charge in [-0.25, -0.2) is 0 Å². The van der Waals surface area contributed by atoms with Crippen LogP contribution >= 0.6 is 39.1 Å². The summed E-state index contributed by atoms with van der Waals surface area (Å²) in [6.07, 6.45) is 3.16. The van der Waals surface area contributed by atoms with Gasteiger partial charge < -0.3 is 4.74 Å². The summed E-state index contributed by atoms with van der Waals surface area (Å²) in [6.45, 7) is 2.15. The van der Waals surface area contributed by atoms with Crippen molar-refractivity contribution in [2.75, 3.05) is 7.11 Å². The number of hydrogen-bond acceptors (Lipinski definition) is 1. The van der Waals surface area contributed by atoms with E-state index in [2.05, 4.69) is 22.9 Å². The second kappa shape index (κ2) is 6.73. The van der Waals surface area contributed by atoms with Gasteiger partial charge in [-0.1, -0.05) is 31.4 Å². The van der Waals surface area contributed by atoms with Crippen LogP contribution in [-0.4, -0.2) is 7.11 Å². The predicted octanol–water partition coefficient (Wildman–Crippen LogP) is 5.58. The van der Waals surface area contributed by atoms with E-state index in [9.17, 15) is 0 Å². The Labute approximate surface area is 115 Å². The molecule has 1 atom stereocenters. The topological polar surface area (TPSA) is 9.23 Å². The van der Waals surface area contributed by atoms with Crippen molar-refractivity contribution in [2.45, 2.75) is 31.6 Å². The lowest BCUT2D eigenvalue weighted by molar-refractivity contribution is 0.405. The van der Waals surface area contributed by atoms with Gasteiger partial charge in [0.2, 0.25) is 0 Å². The largest absolute Gasteiger partial charge is 0.495 e. The van der Waals surface area contributed by atoms with Gasteiger partial charge in [0.05, 0.1) is 17.0 Å². The first kappa shape index (κ1) is 14.1. The molecule has 0 aliphatic carbocycles. The Bertz CT molecular complexity index is 355. The number of ether oxygens (including phenoxy) is 1. The van der Waals surface area contributed by atoms with Gasteiger partial charge in [-0.15, -0.1) is 11.6 Å². The summed E-state index contributed by atoms with van der Waals surface area (Å²) < 4.78 is 6.19. The minimum absolute atomic E-state index is 0.0510. The van der Waals surface area contributed by atoms with Gasteiger partial charge in [0, 0.05) is 10.6 Å². The van der Waals surface area contributed by atoms with E-state index in [4.69, 9.17) is 27.9 Å². The third-order valence-corrected chi connectivity index (χ3v) is 3.65. The quantitative estimate of drug-likeness (QED) is 0.642. The number of benzene rings is 1. The fraction of sp³-hybridized carbons (Fsp3) is 0.500. The van der Waals surface area contributed by atoms with Crippen LogP contribution in [0.2, 0.25) is 5.02 Å². The Kier molecular flexibility index (Phi) is 5.95. The number of unbranched alkanes of at least 4 members (excludes halogenated alkanes) is 1. The van der Waals surface area contributed by atoms with Gasteiger partial charge in [-0.05, 0) is 34.5 Å². The molecular weight excluding hydrogens is 311 g/mol. The van der Waals surface area contributed by atoms with Crippen molar-refractivity contribution in [2.24, 2.45) is 0 Å². The zero-order valence-electron chi connectivity index (χ0n) is 9.40. The van der Waals surface area contributed by atoms with Gasteiger partial charge in [0.1, 0.15) is 5.75 Å². The van der Waals surface area contributed by atoms with E-state index in [0.717, 1.165) is 35.0 Å². The lowest BCUT2D eigenvalue weighted by Gasteiger charge is -2.15. The molecule has 0 bridgehead atoms. The maximum absolute atomic E-state index is 6.35. The van der Waals surface area contributed by atoms with E-state index >= 15 is 0 Å². The van der Waals surface area contributed by atoms with Gasteiger partial charge in [0.25, 0.3) is 0 Å². The molecule has 4 heteroatoms. The summed E-state index contributed by atoms with van der Waals surface area (Å²) >= 11 is 15.8. The molecule has 16 heavy (non-hydrogen) atoms. The van der Waals surface area contributed by atoms with Crippen LogP contribution in [0.1, 0.15) is 37.1 Å². The Morgan fingerprint density at radius 1 is 1.44 bits per heavy atom. The summed E-state index contributed by atoms with van der Waals surface area (Å²) in [5.74, 6) is 0.778. The van der Waals surface area contributed by atoms with Gasteiger partial charge in [-0.2, -0.15) is 0 Å². The molecule has 0 amide bonds. The van der Waals surface area contributed by atoms with Crippen LogP contribution in [0.5, 0.6) is 5.75 Å². The Hall–Kier alpha value is 0.0800. The number of methoxy groups -OCH3 is 1. The first-order valence-corrected chi connectivity index (χ1v) is 6.87. The zero-order chi connectivity index (χ0) is 12.1. The average molecular weight is 326 g/mol. The van der Waals surface area contributed by atoms with Crippen molar-refractivity contribution in [1.29, 1.82) is 0 Å². The Morgan fingerprint density at radius 2 is 2.12 bits per heavy atom. The molecule has 1 rings (SSSR count). The predicted molar refractivity (Wildman–Crippen MR) is 73.8 cm³/mol. The van der Waals surface area contributed by atoms with Crippen molar-refractivity contribution < 1.29 is 4.74 Å². The summed E-state index contributed by atoms with van der Waals surface area (Å²) in [6, 6.07) is 3.69. The highest BCUT2D eigenvalue weighted by atomic mass is 79.9. The number of hydrogen-bond donors (Lipinski definition) is 0. The van der Waals surface area contributed by atoms with Gasteiger partial charge in [0.15, 0.2) is 0 Å². The Balaban J connectivity index is 3.00. The first-order valence-electron chi connectivity index (χ1n) is 5.27. The lowest BCUT2D eigenvalue weighted by Crippen LogP contribution is -1.97. The van der Waals surface area contributed by atoms with Crippen LogP contribution in [0.25, 0.3) is 0 Å². The maximum Gasteiger partial charge on any atom is 0.137 e. The number of halogens is 3. The molecule has 0 aromatic heterocycles. The average Bonchev–Trinajstić information content (AvgIpc) is 2.24. The highest BCUT2D eigenvalue weighted by molar-refractivity contribution is 9.10. The van der Waals surface area contributed by atoms with Crippen molar-refractivity contribution in [3.8, 4) is 5.75 Å². The molecule has 0 fully saturated rings. The third kappa shape index (κ3) is 3.54. The van der Waals surface area contributed by atoms with E-state index in [0.29, 0.717) is 5.02 Å². The molecule has 0 saturated heterocycles. The lowest BCUT2D eigenvalue weighted by atomic mass is 10.1. The standard InChI is InChI=1S/C12H15BrCl2O/c1-3-4-5-11(15)9-6-8(14)7-10(13)12(9)16-2/h6-7,11H,3-5H2,1-2H3. The van der Waals surface area contributed by atoms with Crippen LogP contribution in [0.4, 0.5) is 0 Å². The van der Waals surface area contributed by atoms with Crippen LogP contribution in [0.3, 0.4) is 0 Å². The molecule has 0 heterocycles. The fourth-order valence-corrected chi connectivity index (χ4v) is 2.88. The van der Waals surface area contributed by atoms with E-state index in [1.54, 1.807) is 7.11 Å². The summed E-state index contributed by atoms with van der Waals surface area (Å²) in [7, 11) is 1.64. The smallest absolute Gasteiger partial charge is 0.137 e. The minimum Gasteiger partial charge on any atom is -0.495 e. The van der Waals surface area contributed by atoms with Crippen LogP contribution in [0.15, 0.2) is 16.6 Å². The maximum atomic E-state index is 6.35. The van der Waals surface area contributed by atoms with E-state index in [1.807, 2.05) is 12.1 Å². The van der Waals surface area contributed by atoms with E-state index < -0.39 is 0 Å². The second-order valence-electron chi connectivity index (χ2n) is 3.62. The highest BCUT2D eigenvalue weighted by Gasteiger charge is 2.16. The van der Waals surface area contributed by atoms with Crippen molar-refractivity contribution in [3.05, 3.63) is 27.2 Å². The van der Waals surface area contributed by atoms with Crippen LogP contribution in [-0.2, 0) is 0 Å². The van der Waals surface area contributed by atoms with Crippen molar-refractivity contribution in [3.63, 3.8) is 0 Å². The molecule has 0 saturated carbocycles. The van der Waals surface area contributed by atoms with Gasteiger partial charge >= 0.3 is 0 Å². The third-order valence-electron chi connectivity index (χ3n) is 2.39. The molecule has 0 aliphatic heterocycles. The van der Waals surface area contributed by atoms with E-state index in [-0.39, 0.29) is 5.38 Å². The first-order chi connectivity index (χ1) is 7.60. The summed E-state index contributed by atoms with van der Waals surface area (Å²) in [5, 5.41) is 0.620. The molecule has 1 aromatic carbocycles. The normalized spacial score (nSPS) is 12.6.